The third kappa shape index (κ3) is 12.8. The fourth-order valence-corrected chi connectivity index (χ4v) is 10.1. The van der Waals surface area contributed by atoms with Crippen molar-refractivity contribution < 1.29 is 32.3 Å². The van der Waals surface area contributed by atoms with E-state index < -0.39 is 16.2 Å². The van der Waals surface area contributed by atoms with Crippen molar-refractivity contribution >= 4 is 52.8 Å². The summed E-state index contributed by atoms with van der Waals surface area (Å²) in [5, 5.41) is 15.0. The molecule has 15 heteroatoms. The Labute approximate surface area is 306 Å². The minimum absolute atomic E-state index is 0.0192. The smallest absolute Gasteiger partial charge is 0.315 e. The molecular weight excluding hydrogens is 693 g/mol. The van der Waals surface area contributed by atoms with Crippen LogP contribution in [0.3, 0.4) is 0 Å². The minimum Gasteiger partial charge on any atom is -0.379 e. The number of aliphatic imine (C=N–C) groups is 1. The molecule has 5 N–H and O–H groups in total. The van der Waals surface area contributed by atoms with Crippen LogP contribution in [0.1, 0.15) is 46.0 Å². The van der Waals surface area contributed by atoms with E-state index >= 15 is 0 Å². The normalized spacial score (nSPS) is 18.6. The van der Waals surface area contributed by atoms with E-state index in [1.165, 1.54) is 0 Å². The van der Waals surface area contributed by atoms with Crippen LogP contribution in [0.15, 0.2) is 75.4 Å². The van der Waals surface area contributed by atoms with Crippen LogP contribution in [-0.2, 0) is 27.5 Å². The summed E-state index contributed by atoms with van der Waals surface area (Å²) in [6, 6.07) is 19.7. The maximum Gasteiger partial charge on any atom is 0.315 e. The van der Waals surface area contributed by atoms with Gasteiger partial charge in [0, 0.05) is 43.5 Å². The van der Waals surface area contributed by atoms with Gasteiger partial charge in [0.25, 0.3) is 0 Å². The number of fused-ring (bicyclic) bond motifs is 1. The Hall–Kier alpha value is -3.63. The van der Waals surface area contributed by atoms with E-state index in [2.05, 4.69) is 38.3 Å². The number of carbonyl (C=O) groups excluding carboxylic acids is 4. The molecular formula is C36H52N6O7S2. The second-order valence-corrected chi connectivity index (χ2v) is 16.5. The molecule has 51 heavy (non-hydrogen) atoms. The molecule has 2 aliphatic heterocycles. The van der Waals surface area contributed by atoms with Gasteiger partial charge < -0.3 is 31.3 Å². The van der Waals surface area contributed by atoms with E-state index in [1.807, 2.05) is 86.3 Å². The molecule has 4 rings (SSSR count). The summed E-state index contributed by atoms with van der Waals surface area (Å²) in [6.07, 6.45) is 3.30. The number of nitrogens with zero attached hydrogens (tertiary/aromatic N) is 1. The van der Waals surface area contributed by atoms with Gasteiger partial charge in [0.15, 0.2) is 0 Å². The number of hydrogen-bond acceptors (Lipinski definition) is 9. The third-order valence-electron chi connectivity index (χ3n) is 8.21. The van der Waals surface area contributed by atoms with Crippen LogP contribution in [-0.4, -0.2) is 105 Å². The predicted octanol–water partition coefficient (Wildman–Crippen LogP) is 3.73. The van der Waals surface area contributed by atoms with Gasteiger partial charge in [0.2, 0.25) is 17.7 Å². The molecule has 3 atom stereocenters. The number of amides is 5. The molecule has 13 nitrogen and oxygen atoms in total. The summed E-state index contributed by atoms with van der Waals surface area (Å²) >= 11 is 1.88. The number of benzene rings is 2. The van der Waals surface area contributed by atoms with Crippen molar-refractivity contribution in [3.8, 4) is 0 Å². The summed E-state index contributed by atoms with van der Waals surface area (Å²) < 4.78 is 19.1. The Morgan fingerprint density at radius 3 is 2.22 bits per heavy atom. The van der Waals surface area contributed by atoms with Crippen molar-refractivity contribution in [3.05, 3.63) is 60.7 Å². The lowest BCUT2D eigenvalue weighted by Gasteiger charge is -2.48. The first-order chi connectivity index (χ1) is 24.6. The van der Waals surface area contributed by atoms with Crippen LogP contribution in [0, 0.1) is 0 Å². The lowest BCUT2D eigenvalue weighted by molar-refractivity contribution is -0.123. The van der Waals surface area contributed by atoms with Gasteiger partial charge in [0.05, 0.1) is 41.7 Å². The van der Waals surface area contributed by atoms with Crippen molar-refractivity contribution in [1.82, 2.24) is 26.6 Å². The maximum absolute atomic E-state index is 12.8. The quantitative estimate of drug-likeness (QED) is 0.0652. The number of rotatable bonds is 23. The molecule has 2 aromatic rings. The van der Waals surface area contributed by atoms with E-state index in [0.29, 0.717) is 24.8 Å². The van der Waals surface area contributed by atoms with Crippen molar-refractivity contribution in [2.75, 3.05) is 51.8 Å². The Bertz CT molecular complexity index is 1400. The number of hydrogen-bond donors (Lipinski definition) is 5. The highest BCUT2D eigenvalue weighted by atomic mass is 32.3. The average molecular weight is 745 g/mol. The molecule has 0 aliphatic carbocycles. The molecule has 0 spiro atoms. The van der Waals surface area contributed by atoms with E-state index in [4.69, 9.17) is 13.1 Å². The van der Waals surface area contributed by atoms with E-state index in [0.717, 1.165) is 34.8 Å². The molecule has 2 aliphatic rings. The summed E-state index contributed by atoms with van der Waals surface area (Å²) in [5.74, 6) is 0.484. The van der Waals surface area contributed by atoms with Gasteiger partial charge in [-0.05, 0) is 57.7 Å². The SMILES string of the molecule is C=NCC(=O)NCCOS(OC(C)(C)CNC(=O)CCOCCNC(=O)CCCC[C@@H]1SC[C@@H]2NC(=O)N[C@@H]21)(c1ccccc1)c1ccccc1. The number of unbranched alkanes of at least 4 members (excludes halogenated alkanes) is 1. The Morgan fingerprint density at radius 2 is 1.53 bits per heavy atom. The molecule has 0 bridgehead atoms. The molecule has 2 saturated heterocycles. The monoisotopic (exact) mass is 744 g/mol. The molecule has 2 aromatic carbocycles. The first kappa shape index (κ1) is 40.1. The van der Waals surface area contributed by atoms with Crippen molar-refractivity contribution in [2.24, 2.45) is 4.99 Å². The molecule has 0 unspecified atom stereocenters. The van der Waals surface area contributed by atoms with Gasteiger partial charge in [-0.15, -0.1) is 10.6 Å². The zero-order chi connectivity index (χ0) is 36.5. The lowest BCUT2D eigenvalue weighted by Crippen LogP contribution is -2.42. The fourth-order valence-electron chi connectivity index (χ4n) is 5.74. The molecule has 280 valence electrons. The van der Waals surface area contributed by atoms with Gasteiger partial charge in [-0.3, -0.25) is 27.7 Å². The van der Waals surface area contributed by atoms with Gasteiger partial charge in [-0.2, -0.15) is 11.8 Å². The highest BCUT2D eigenvalue weighted by Crippen LogP contribution is 2.65. The summed E-state index contributed by atoms with van der Waals surface area (Å²) in [6.45, 7) is 8.69. The molecule has 0 aromatic heterocycles. The van der Waals surface area contributed by atoms with Gasteiger partial charge in [-0.25, -0.2) is 4.79 Å². The van der Waals surface area contributed by atoms with Crippen molar-refractivity contribution in [1.29, 1.82) is 0 Å². The topological polar surface area (TPSA) is 168 Å². The van der Waals surface area contributed by atoms with E-state index in [-0.39, 0.29) is 75.1 Å². The van der Waals surface area contributed by atoms with Crippen molar-refractivity contribution in [3.63, 3.8) is 0 Å². The Kier molecular flexibility index (Phi) is 16.1. The number of thioether (sulfide) groups is 1. The number of urea groups is 1. The molecule has 0 saturated carbocycles. The van der Waals surface area contributed by atoms with E-state index in [1.54, 1.807) is 0 Å². The largest absolute Gasteiger partial charge is 0.379 e. The predicted molar refractivity (Wildman–Crippen MR) is 201 cm³/mol. The zero-order valence-corrected chi connectivity index (χ0v) is 31.2. The molecule has 2 heterocycles. The Balaban J connectivity index is 1.17. The second kappa shape index (κ2) is 20.4. The minimum atomic E-state index is -2.54. The number of ether oxygens (including phenoxy) is 1. The van der Waals surface area contributed by atoms with Crippen LogP contribution >= 0.6 is 22.4 Å². The fraction of sp³-hybridized carbons (Fsp3) is 0.528. The van der Waals surface area contributed by atoms with Gasteiger partial charge in [0.1, 0.15) is 12.1 Å². The van der Waals surface area contributed by atoms with Crippen LogP contribution in [0.25, 0.3) is 0 Å². The first-order valence-corrected chi connectivity index (χ1v) is 19.9. The third-order valence-corrected chi connectivity index (χ3v) is 12.7. The second-order valence-electron chi connectivity index (χ2n) is 12.9. The Morgan fingerprint density at radius 1 is 0.882 bits per heavy atom. The number of nitrogens with one attached hydrogen (secondary N) is 5. The summed E-state index contributed by atoms with van der Waals surface area (Å²) in [5.41, 5.74) is -0.847. The maximum atomic E-state index is 12.8. The first-order valence-electron chi connectivity index (χ1n) is 17.4. The van der Waals surface area contributed by atoms with E-state index in [9.17, 15) is 19.2 Å². The molecule has 2 fully saturated rings. The van der Waals surface area contributed by atoms with Gasteiger partial charge >= 0.3 is 6.03 Å². The van der Waals surface area contributed by atoms with Gasteiger partial charge in [-0.1, -0.05) is 42.8 Å². The van der Waals surface area contributed by atoms with Crippen molar-refractivity contribution in [2.45, 2.75) is 78.7 Å². The summed E-state index contributed by atoms with van der Waals surface area (Å²) in [7, 11) is -2.54. The van der Waals surface area contributed by atoms with Crippen LogP contribution in [0.4, 0.5) is 4.79 Å². The van der Waals surface area contributed by atoms with Crippen LogP contribution in [0.2, 0.25) is 0 Å². The standard InChI is InChI=1S/C36H52N6O7S2/c1-36(2,49-51(27-12-6-4-7-13-27,28-14-8-5-9-15-28)48-23-20-39-33(45)24-37-3)26-40-32(44)18-21-47-22-19-38-31(43)17-11-10-16-30-34-29(25-50-30)41-35(46)42-34/h4-9,12-15,29-30,34H,3,10-11,16-26H2,1-2H3,(H,38,43)(H,39,45)(H,40,44)(H2,41,42,46)/t29-,30-,34-/m0/s1. The highest BCUT2D eigenvalue weighted by Gasteiger charge is 2.42. The van der Waals surface area contributed by atoms with Crippen LogP contribution in [0.5, 0.6) is 0 Å². The van der Waals surface area contributed by atoms with Crippen LogP contribution < -0.4 is 26.6 Å². The lowest BCUT2D eigenvalue weighted by atomic mass is 10.0. The molecule has 5 amide bonds. The zero-order valence-electron chi connectivity index (χ0n) is 29.5. The average Bonchev–Trinajstić information content (AvgIpc) is 3.68. The molecule has 0 radical (unpaired) electrons. The summed E-state index contributed by atoms with van der Waals surface area (Å²) in [4.78, 5) is 53.8. The highest BCUT2D eigenvalue weighted by molar-refractivity contribution is 8.26. The number of carbonyl (C=O) groups is 4.